The molecule has 0 saturated carbocycles. The van der Waals surface area contributed by atoms with Crippen LogP contribution < -0.4 is 11.1 Å². The molecule has 0 bridgehead atoms. The summed E-state index contributed by atoms with van der Waals surface area (Å²) in [7, 11) is -1.71. The molecule has 39 heavy (non-hydrogen) atoms. The molecule has 0 unspecified atom stereocenters. The fraction of sp³-hybridized carbons (Fsp3) is 0.500. The van der Waals surface area contributed by atoms with Gasteiger partial charge in [0.15, 0.2) is 0 Å². The van der Waals surface area contributed by atoms with E-state index in [9.17, 15) is 13.2 Å². The maximum absolute atomic E-state index is 12.7. The molecule has 0 atom stereocenters. The first-order valence-electron chi connectivity index (χ1n) is 13.8. The first-order chi connectivity index (χ1) is 18.5. The molecule has 1 amide bonds. The molecular formula is C30H42N4O4S. The highest BCUT2D eigenvalue weighted by Crippen LogP contribution is 2.37. The molecule has 0 aliphatic carbocycles. The van der Waals surface area contributed by atoms with Gasteiger partial charge in [0, 0.05) is 50.5 Å². The minimum atomic E-state index is -3.29. The summed E-state index contributed by atoms with van der Waals surface area (Å²) in [6.07, 6.45) is 4.93. The van der Waals surface area contributed by atoms with Crippen molar-refractivity contribution in [1.82, 2.24) is 14.6 Å². The zero-order valence-electron chi connectivity index (χ0n) is 23.5. The molecule has 2 heterocycles. The molecule has 8 nitrogen and oxygen atoms in total. The van der Waals surface area contributed by atoms with E-state index in [0.717, 1.165) is 53.4 Å². The van der Waals surface area contributed by atoms with Crippen LogP contribution in [0, 0.1) is 0 Å². The number of carbonyl (C=O) groups is 1. The Labute approximate surface area is 232 Å². The number of ether oxygens (including phenoxy) is 1. The van der Waals surface area contributed by atoms with Crippen LogP contribution in [0.15, 0.2) is 42.6 Å². The monoisotopic (exact) mass is 554 g/mol. The smallest absolute Gasteiger partial charge is 0.250 e. The summed E-state index contributed by atoms with van der Waals surface area (Å²) in [5.74, 6) is -0.184. The number of aromatic amines is 1. The van der Waals surface area contributed by atoms with Gasteiger partial charge in [0.25, 0.3) is 5.91 Å². The van der Waals surface area contributed by atoms with E-state index in [4.69, 9.17) is 10.5 Å². The van der Waals surface area contributed by atoms with Crippen molar-refractivity contribution in [2.24, 2.45) is 5.73 Å². The fourth-order valence-corrected chi connectivity index (χ4v) is 6.75. The lowest BCUT2D eigenvalue weighted by atomic mass is 9.88. The molecular weight excluding hydrogens is 512 g/mol. The average molecular weight is 555 g/mol. The number of piperidine rings is 1. The van der Waals surface area contributed by atoms with Gasteiger partial charge in [0.1, 0.15) is 0 Å². The molecule has 1 saturated heterocycles. The lowest BCUT2D eigenvalue weighted by Crippen LogP contribution is -2.39. The van der Waals surface area contributed by atoms with Crippen LogP contribution in [0.25, 0.3) is 22.0 Å². The molecule has 1 aromatic heterocycles. The first-order valence-corrected chi connectivity index (χ1v) is 15.4. The highest BCUT2D eigenvalue weighted by atomic mass is 32.2. The Kier molecular flexibility index (Phi) is 9.16. The summed E-state index contributed by atoms with van der Waals surface area (Å²) in [6, 6.07) is 12.4. The Bertz CT molecular complexity index is 1410. The Morgan fingerprint density at radius 2 is 1.92 bits per heavy atom. The number of primary amides is 1. The van der Waals surface area contributed by atoms with Crippen LogP contribution in [0.5, 0.6) is 0 Å². The standard InChI is InChI=1S/C30H42N4O4S/c1-5-30(2,3)33-19-21-8-6-9-23(16-21)24-17-25-27(20-32-28(25)26(18-24)29(31)35)22-10-12-34(13-11-22)39(36,37)15-7-14-38-4/h6,8-9,16-18,20,22,32-33H,5,7,10-15,19H2,1-4H3,(H2,31,35). The largest absolute Gasteiger partial charge is 0.385 e. The second kappa shape index (κ2) is 12.2. The Morgan fingerprint density at radius 1 is 1.18 bits per heavy atom. The minimum absolute atomic E-state index is 0.0485. The number of nitrogens with one attached hydrogen (secondary N) is 2. The van der Waals surface area contributed by atoms with Gasteiger partial charge in [-0.05, 0) is 85.9 Å². The summed E-state index contributed by atoms with van der Waals surface area (Å²) in [4.78, 5) is 15.8. The number of nitrogens with two attached hydrogens (primary N) is 1. The normalized spacial score (nSPS) is 15.7. The fourth-order valence-electron chi connectivity index (χ4n) is 5.24. The van der Waals surface area contributed by atoms with E-state index in [1.807, 2.05) is 18.3 Å². The van der Waals surface area contributed by atoms with Gasteiger partial charge in [-0.3, -0.25) is 4.79 Å². The van der Waals surface area contributed by atoms with E-state index in [0.29, 0.717) is 31.7 Å². The number of hydrogen-bond donors (Lipinski definition) is 3. The van der Waals surface area contributed by atoms with Crippen LogP contribution in [-0.2, 0) is 21.3 Å². The Balaban J connectivity index is 1.60. The van der Waals surface area contributed by atoms with E-state index >= 15 is 0 Å². The lowest BCUT2D eigenvalue weighted by Gasteiger charge is -2.31. The van der Waals surface area contributed by atoms with Crippen LogP contribution in [-0.4, -0.2) is 61.7 Å². The van der Waals surface area contributed by atoms with Crippen molar-refractivity contribution in [3.63, 3.8) is 0 Å². The van der Waals surface area contributed by atoms with Gasteiger partial charge in [-0.25, -0.2) is 12.7 Å². The molecule has 0 radical (unpaired) electrons. The van der Waals surface area contributed by atoms with E-state index in [1.54, 1.807) is 11.4 Å². The number of H-pyrrole nitrogens is 1. The molecule has 2 aromatic carbocycles. The SMILES string of the molecule is CCC(C)(C)NCc1cccc(-c2cc(C(N)=O)c3[nH]cc(C4CCN(S(=O)(=O)CCCOC)CC4)c3c2)c1. The number of amides is 1. The van der Waals surface area contributed by atoms with Crippen molar-refractivity contribution in [3.8, 4) is 11.1 Å². The average Bonchev–Trinajstić information content (AvgIpc) is 3.36. The number of carbonyl (C=O) groups excluding carboxylic acids is 1. The van der Waals surface area contributed by atoms with Gasteiger partial charge in [0.05, 0.1) is 16.8 Å². The second-order valence-electron chi connectivity index (χ2n) is 11.2. The van der Waals surface area contributed by atoms with Crippen LogP contribution >= 0.6 is 0 Å². The number of hydrogen-bond acceptors (Lipinski definition) is 5. The molecule has 9 heteroatoms. The summed E-state index contributed by atoms with van der Waals surface area (Å²) >= 11 is 0. The van der Waals surface area contributed by atoms with E-state index in [1.165, 1.54) is 5.56 Å². The molecule has 1 aliphatic rings. The Hall–Kier alpha value is -2.72. The maximum atomic E-state index is 12.7. The number of rotatable bonds is 12. The van der Waals surface area contributed by atoms with Crippen molar-refractivity contribution in [2.75, 3.05) is 32.6 Å². The zero-order chi connectivity index (χ0) is 28.2. The first kappa shape index (κ1) is 29.3. The quantitative estimate of drug-likeness (QED) is 0.279. The van der Waals surface area contributed by atoms with Crippen molar-refractivity contribution in [2.45, 2.75) is 64.5 Å². The third-order valence-electron chi connectivity index (χ3n) is 8.04. The van der Waals surface area contributed by atoms with Crippen molar-refractivity contribution < 1.29 is 17.9 Å². The molecule has 4 rings (SSSR count). The minimum Gasteiger partial charge on any atom is -0.385 e. The van der Waals surface area contributed by atoms with Crippen LogP contribution in [0.3, 0.4) is 0 Å². The predicted molar refractivity (Wildman–Crippen MR) is 157 cm³/mol. The van der Waals surface area contributed by atoms with Gasteiger partial charge in [0.2, 0.25) is 10.0 Å². The van der Waals surface area contributed by atoms with Crippen LogP contribution in [0.4, 0.5) is 0 Å². The maximum Gasteiger partial charge on any atom is 0.250 e. The third kappa shape index (κ3) is 6.90. The van der Waals surface area contributed by atoms with Gasteiger partial charge < -0.3 is 20.8 Å². The number of benzene rings is 2. The van der Waals surface area contributed by atoms with Crippen LogP contribution in [0.1, 0.15) is 73.9 Å². The zero-order valence-corrected chi connectivity index (χ0v) is 24.4. The molecule has 1 fully saturated rings. The van der Waals surface area contributed by atoms with E-state index in [2.05, 4.69) is 55.3 Å². The highest BCUT2D eigenvalue weighted by Gasteiger charge is 2.30. The van der Waals surface area contributed by atoms with Gasteiger partial charge in [-0.1, -0.05) is 25.1 Å². The Morgan fingerprint density at radius 3 is 2.59 bits per heavy atom. The summed E-state index contributed by atoms with van der Waals surface area (Å²) < 4.78 is 32.1. The van der Waals surface area contributed by atoms with Crippen molar-refractivity contribution in [3.05, 3.63) is 59.3 Å². The number of fused-ring (bicyclic) bond motifs is 1. The number of methoxy groups -OCH3 is 1. The van der Waals surface area contributed by atoms with Gasteiger partial charge in [-0.15, -0.1) is 0 Å². The molecule has 1 aliphatic heterocycles. The predicted octanol–water partition coefficient (Wildman–Crippen LogP) is 4.76. The summed E-state index contributed by atoms with van der Waals surface area (Å²) in [6.45, 7) is 8.71. The van der Waals surface area contributed by atoms with Gasteiger partial charge in [-0.2, -0.15) is 0 Å². The summed E-state index contributed by atoms with van der Waals surface area (Å²) in [5, 5.41) is 4.58. The van der Waals surface area contributed by atoms with Crippen molar-refractivity contribution >= 4 is 26.8 Å². The molecule has 212 valence electrons. The second-order valence-corrected chi connectivity index (χ2v) is 13.3. The molecule has 0 spiro atoms. The molecule has 4 N–H and O–H groups in total. The summed E-state index contributed by atoms with van der Waals surface area (Å²) in [5.41, 5.74) is 11.3. The van der Waals surface area contributed by atoms with Crippen LogP contribution in [0.2, 0.25) is 0 Å². The lowest BCUT2D eigenvalue weighted by molar-refractivity contribution is 0.100. The number of nitrogens with zero attached hydrogens (tertiary/aromatic N) is 1. The third-order valence-corrected chi connectivity index (χ3v) is 10.00. The number of sulfonamides is 1. The molecule has 3 aromatic rings. The van der Waals surface area contributed by atoms with Crippen molar-refractivity contribution in [1.29, 1.82) is 0 Å². The van der Waals surface area contributed by atoms with E-state index in [-0.39, 0.29) is 17.2 Å². The van der Waals surface area contributed by atoms with Gasteiger partial charge >= 0.3 is 0 Å². The highest BCUT2D eigenvalue weighted by molar-refractivity contribution is 7.89. The number of aromatic nitrogens is 1. The van der Waals surface area contributed by atoms with E-state index < -0.39 is 15.9 Å². The topological polar surface area (TPSA) is 118 Å².